The molecule has 3 rings (SSSR count). The van der Waals surface area contributed by atoms with Crippen LogP contribution in [0.25, 0.3) is 0 Å². The number of carbonyl (C=O) groups is 1. The number of nitrogens with zero attached hydrogens (tertiary/aromatic N) is 1. The van der Waals surface area contributed by atoms with Crippen LogP contribution in [-0.2, 0) is 6.42 Å². The number of carbonyl (C=O) groups excluding carboxylic acids is 1. The van der Waals surface area contributed by atoms with Gasteiger partial charge in [0.1, 0.15) is 12.4 Å². The van der Waals surface area contributed by atoms with E-state index in [1.807, 2.05) is 53.4 Å². The van der Waals surface area contributed by atoms with Crippen molar-refractivity contribution in [1.82, 2.24) is 4.90 Å². The molecule has 0 radical (unpaired) electrons. The highest BCUT2D eigenvalue weighted by Crippen LogP contribution is 2.19. The molecule has 2 aromatic carbocycles. The Kier molecular flexibility index (Phi) is 4.25. The second-order valence-corrected chi connectivity index (χ2v) is 5.92. The van der Waals surface area contributed by atoms with E-state index in [4.69, 9.17) is 4.74 Å². The summed E-state index contributed by atoms with van der Waals surface area (Å²) in [6, 6.07) is 15.5. The first-order valence-corrected chi connectivity index (χ1v) is 7.79. The molecule has 1 aliphatic heterocycles. The number of amides is 1. The fraction of sp³-hybridized carbons (Fsp3) is 0.235. The number of benzene rings is 2. The highest BCUT2D eigenvalue weighted by atomic mass is 79.9. The molecule has 1 amide bonds. The predicted octanol–water partition coefficient (Wildman–Crippen LogP) is 3.53. The quantitative estimate of drug-likeness (QED) is 0.848. The van der Waals surface area contributed by atoms with E-state index in [2.05, 4.69) is 15.9 Å². The van der Waals surface area contributed by atoms with Gasteiger partial charge in [-0.1, -0.05) is 34.1 Å². The van der Waals surface area contributed by atoms with E-state index in [0.29, 0.717) is 13.2 Å². The first-order chi connectivity index (χ1) is 10.2. The van der Waals surface area contributed by atoms with Gasteiger partial charge in [-0.25, -0.2) is 0 Å². The largest absolute Gasteiger partial charge is 0.492 e. The van der Waals surface area contributed by atoms with Crippen LogP contribution in [0, 0.1) is 0 Å². The molecule has 0 aromatic heterocycles. The fourth-order valence-corrected chi connectivity index (χ4v) is 2.76. The van der Waals surface area contributed by atoms with E-state index < -0.39 is 0 Å². The standard InChI is InChI=1S/C17H16BrNO2/c18-14-5-7-15(8-6-14)21-12-11-19-10-9-13-3-1-2-4-16(13)17(19)20/h1-8H,9-12H2. The van der Waals surface area contributed by atoms with E-state index in [1.165, 1.54) is 0 Å². The lowest BCUT2D eigenvalue weighted by molar-refractivity contribution is 0.0713. The molecule has 0 spiro atoms. The molecule has 0 saturated carbocycles. The lowest BCUT2D eigenvalue weighted by Gasteiger charge is -2.28. The number of ether oxygens (including phenoxy) is 1. The minimum Gasteiger partial charge on any atom is -0.492 e. The van der Waals surface area contributed by atoms with Gasteiger partial charge in [0.15, 0.2) is 0 Å². The van der Waals surface area contributed by atoms with Crippen molar-refractivity contribution in [3.05, 3.63) is 64.1 Å². The van der Waals surface area contributed by atoms with Crippen LogP contribution in [0.5, 0.6) is 5.75 Å². The van der Waals surface area contributed by atoms with Crippen molar-refractivity contribution in [2.75, 3.05) is 19.7 Å². The van der Waals surface area contributed by atoms with Crippen LogP contribution in [0.2, 0.25) is 0 Å². The van der Waals surface area contributed by atoms with E-state index >= 15 is 0 Å². The first kappa shape index (κ1) is 14.1. The van der Waals surface area contributed by atoms with Crippen molar-refractivity contribution < 1.29 is 9.53 Å². The van der Waals surface area contributed by atoms with E-state index in [0.717, 1.165) is 34.3 Å². The van der Waals surface area contributed by atoms with Crippen LogP contribution in [0.15, 0.2) is 53.0 Å². The normalized spacial score (nSPS) is 14.0. The third-order valence-corrected chi connectivity index (χ3v) is 4.16. The van der Waals surface area contributed by atoms with Crippen LogP contribution in [0.3, 0.4) is 0 Å². The Hall–Kier alpha value is -1.81. The molecule has 4 heteroatoms. The average molecular weight is 346 g/mol. The van der Waals surface area contributed by atoms with Gasteiger partial charge in [0.2, 0.25) is 0 Å². The van der Waals surface area contributed by atoms with Crippen molar-refractivity contribution in [3.63, 3.8) is 0 Å². The zero-order chi connectivity index (χ0) is 14.7. The highest BCUT2D eigenvalue weighted by molar-refractivity contribution is 9.10. The Morgan fingerprint density at radius 1 is 1.10 bits per heavy atom. The van der Waals surface area contributed by atoms with Crippen molar-refractivity contribution in [2.45, 2.75) is 6.42 Å². The first-order valence-electron chi connectivity index (χ1n) is 6.99. The van der Waals surface area contributed by atoms with Crippen molar-refractivity contribution in [2.24, 2.45) is 0 Å². The molecule has 1 heterocycles. The third-order valence-electron chi connectivity index (χ3n) is 3.63. The van der Waals surface area contributed by atoms with Crippen LogP contribution >= 0.6 is 15.9 Å². The van der Waals surface area contributed by atoms with Gasteiger partial charge in [-0.2, -0.15) is 0 Å². The van der Waals surface area contributed by atoms with Gasteiger partial charge in [0.05, 0.1) is 6.54 Å². The van der Waals surface area contributed by atoms with E-state index in [-0.39, 0.29) is 5.91 Å². The molecule has 1 aliphatic rings. The van der Waals surface area contributed by atoms with Crippen molar-refractivity contribution in [3.8, 4) is 5.75 Å². The fourth-order valence-electron chi connectivity index (χ4n) is 2.49. The molecule has 0 unspecified atom stereocenters. The zero-order valence-electron chi connectivity index (χ0n) is 11.6. The summed E-state index contributed by atoms with van der Waals surface area (Å²) in [7, 11) is 0. The smallest absolute Gasteiger partial charge is 0.254 e. The minimum absolute atomic E-state index is 0.108. The summed E-state index contributed by atoms with van der Waals surface area (Å²) in [5.74, 6) is 0.930. The second-order valence-electron chi connectivity index (χ2n) is 5.00. The summed E-state index contributed by atoms with van der Waals surface area (Å²) in [4.78, 5) is 14.2. The van der Waals surface area contributed by atoms with Gasteiger partial charge in [-0.05, 0) is 42.3 Å². The summed E-state index contributed by atoms with van der Waals surface area (Å²) in [6.45, 7) is 1.89. The van der Waals surface area contributed by atoms with Gasteiger partial charge < -0.3 is 9.64 Å². The molecule has 3 nitrogen and oxygen atoms in total. The summed E-state index contributed by atoms with van der Waals surface area (Å²) in [6.07, 6.45) is 0.917. The monoisotopic (exact) mass is 345 g/mol. The van der Waals surface area contributed by atoms with Crippen LogP contribution in [-0.4, -0.2) is 30.5 Å². The van der Waals surface area contributed by atoms with Crippen molar-refractivity contribution >= 4 is 21.8 Å². The molecule has 21 heavy (non-hydrogen) atoms. The summed E-state index contributed by atoms with van der Waals surface area (Å²) < 4.78 is 6.71. The predicted molar refractivity (Wildman–Crippen MR) is 85.7 cm³/mol. The summed E-state index contributed by atoms with van der Waals surface area (Å²) in [5.41, 5.74) is 1.97. The zero-order valence-corrected chi connectivity index (χ0v) is 13.2. The Morgan fingerprint density at radius 3 is 2.67 bits per heavy atom. The van der Waals surface area contributed by atoms with Gasteiger partial charge in [-0.15, -0.1) is 0 Å². The molecule has 2 aromatic rings. The van der Waals surface area contributed by atoms with E-state index in [9.17, 15) is 4.79 Å². The number of fused-ring (bicyclic) bond motifs is 1. The number of hydrogen-bond donors (Lipinski definition) is 0. The number of hydrogen-bond acceptors (Lipinski definition) is 2. The molecule has 0 aliphatic carbocycles. The topological polar surface area (TPSA) is 29.5 Å². The van der Waals surface area contributed by atoms with Crippen LogP contribution in [0.1, 0.15) is 15.9 Å². The van der Waals surface area contributed by atoms with Crippen LogP contribution < -0.4 is 4.74 Å². The Morgan fingerprint density at radius 2 is 1.86 bits per heavy atom. The molecule has 0 N–H and O–H groups in total. The minimum atomic E-state index is 0.108. The molecule has 0 fully saturated rings. The Balaban J connectivity index is 1.57. The Labute approximate surface area is 132 Å². The second kappa shape index (κ2) is 6.31. The van der Waals surface area contributed by atoms with Gasteiger partial charge >= 0.3 is 0 Å². The van der Waals surface area contributed by atoms with Crippen molar-refractivity contribution in [1.29, 1.82) is 0 Å². The van der Waals surface area contributed by atoms with Crippen LogP contribution in [0.4, 0.5) is 0 Å². The maximum absolute atomic E-state index is 12.4. The summed E-state index contributed by atoms with van der Waals surface area (Å²) in [5, 5.41) is 0. The molecular formula is C17H16BrNO2. The van der Waals surface area contributed by atoms with Gasteiger partial charge in [0, 0.05) is 16.6 Å². The molecule has 0 bridgehead atoms. The summed E-state index contributed by atoms with van der Waals surface area (Å²) >= 11 is 3.39. The number of halogens is 1. The lowest BCUT2D eigenvalue weighted by Crippen LogP contribution is -2.40. The average Bonchev–Trinajstić information content (AvgIpc) is 2.52. The Bertz CT molecular complexity index is 639. The lowest BCUT2D eigenvalue weighted by atomic mass is 9.99. The van der Waals surface area contributed by atoms with Gasteiger partial charge in [0.25, 0.3) is 5.91 Å². The SMILES string of the molecule is O=C1c2ccccc2CCN1CCOc1ccc(Br)cc1. The molecular weight excluding hydrogens is 330 g/mol. The number of rotatable bonds is 4. The highest BCUT2D eigenvalue weighted by Gasteiger charge is 2.23. The molecule has 0 saturated heterocycles. The third kappa shape index (κ3) is 3.27. The van der Waals surface area contributed by atoms with E-state index in [1.54, 1.807) is 0 Å². The molecule has 108 valence electrons. The van der Waals surface area contributed by atoms with Gasteiger partial charge in [-0.3, -0.25) is 4.79 Å². The maximum Gasteiger partial charge on any atom is 0.254 e. The maximum atomic E-state index is 12.4. The molecule has 0 atom stereocenters.